The van der Waals surface area contributed by atoms with Gasteiger partial charge in [0.15, 0.2) is 0 Å². The summed E-state index contributed by atoms with van der Waals surface area (Å²) in [5.41, 5.74) is 1.65. The number of ether oxygens (including phenoxy) is 1. The molecule has 0 aliphatic carbocycles. The Morgan fingerprint density at radius 1 is 1.07 bits per heavy atom. The maximum Gasteiger partial charge on any atom is 0.278 e. The Labute approximate surface area is 165 Å². The first-order valence-electron chi connectivity index (χ1n) is 9.63. The summed E-state index contributed by atoms with van der Waals surface area (Å²) in [7, 11) is 0. The van der Waals surface area contributed by atoms with Crippen LogP contribution in [0.25, 0.3) is 0 Å². The normalized spacial score (nSPS) is 22.2. The van der Waals surface area contributed by atoms with Crippen molar-refractivity contribution in [2.45, 2.75) is 26.0 Å². The molecule has 1 saturated heterocycles. The van der Waals surface area contributed by atoms with Crippen molar-refractivity contribution in [3.8, 4) is 5.75 Å². The standard InChI is InChI=1S/C22H25N3O3/c1-16-7-3-4-8-17(16)15-24-11-13-25(14-12-24)21(27)22(2)20(26)23-18-9-5-6-10-19(18)28-22/h3-10H,11-15H2,1-2H3,(H,23,26). The molecule has 0 radical (unpaired) electrons. The van der Waals surface area contributed by atoms with Gasteiger partial charge in [-0.2, -0.15) is 0 Å². The van der Waals surface area contributed by atoms with Crippen molar-refractivity contribution in [1.82, 2.24) is 9.80 Å². The molecular weight excluding hydrogens is 354 g/mol. The minimum absolute atomic E-state index is 0.282. The molecule has 1 atom stereocenters. The van der Waals surface area contributed by atoms with Crippen LogP contribution in [0.1, 0.15) is 18.1 Å². The fourth-order valence-electron chi connectivity index (χ4n) is 3.75. The van der Waals surface area contributed by atoms with E-state index in [1.807, 2.05) is 18.2 Å². The fourth-order valence-corrected chi connectivity index (χ4v) is 3.75. The number of anilines is 1. The SMILES string of the molecule is Cc1ccccc1CN1CCN(C(=O)C2(C)Oc3ccccc3NC2=O)CC1. The number of nitrogens with zero attached hydrogens (tertiary/aromatic N) is 2. The van der Waals surface area contributed by atoms with Gasteiger partial charge in [0.25, 0.3) is 17.4 Å². The number of nitrogens with one attached hydrogen (secondary N) is 1. The summed E-state index contributed by atoms with van der Waals surface area (Å²) in [5.74, 6) is -0.176. The Balaban J connectivity index is 1.41. The van der Waals surface area contributed by atoms with E-state index in [1.54, 1.807) is 24.0 Å². The summed E-state index contributed by atoms with van der Waals surface area (Å²) in [4.78, 5) is 29.8. The number of hydrogen-bond donors (Lipinski definition) is 1. The topological polar surface area (TPSA) is 61.9 Å². The number of piperazine rings is 1. The molecule has 0 spiro atoms. The molecule has 4 rings (SSSR count). The van der Waals surface area contributed by atoms with Gasteiger partial charge in [-0.25, -0.2) is 0 Å². The summed E-state index contributed by atoms with van der Waals surface area (Å²) in [6.45, 7) is 7.25. The summed E-state index contributed by atoms with van der Waals surface area (Å²) in [6.07, 6.45) is 0. The fraction of sp³-hybridized carbons (Fsp3) is 0.364. The lowest BCUT2D eigenvalue weighted by atomic mass is 10.00. The number of amides is 2. The number of benzene rings is 2. The van der Waals surface area contributed by atoms with Gasteiger partial charge >= 0.3 is 0 Å². The van der Waals surface area contributed by atoms with Crippen LogP contribution in [0.4, 0.5) is 5.69 Å². The molecule has 6 heteroatoms. The molecule has 2 amide bonds. The van der Waals surface area contributed by atoms with Gasteiger partial charge in [0.1, 0.15) is 5.75 Å². The van der Waals surface area contributed by atoms with Gasteiger partial charge in [-0.1, -0.05) is 36.4 Å². The molecule has 146 valence electrons. The Morgan fingerprint density at radius 2 is 1.75 bits per heavy atom. The Hall–Kier alpha value is -2.86. The molecule has 0 saturated carbocycles. The third kappa shape index (κ3) is 3.36. The van der Waals surface area contributed by atoms with Gasteiger partial charge in [0, 0.05) is 32.7 Å². The van der Waals surface area contributed by atoms with Crippen molar-refractivity contribution in [2.24, 2.45) is 0 Å². The lowest BCUT2D eigenvalue weighted by Crippen LogP contribution is -2.62. The molecule has 2 aromatic rings. The van der Waals surface area contributed by atoms with Crippen molar-refractivity contribution in [3.05, 3.63) is 59.7 Å². The lowest BCUT2D eigenvalue weighted by Gasteiger charge is -2.40. The van der Waals surface area contributed by atoms with E-state index in [2.05, 4.69) is 35.3 Å². The van der Waals surface area contributed by atoms with E-state index in [4.69, 9.17) is 4.74 Å². The molecule has 1 unspecified atom stereocenters. The second-order valence-corrected chi connectivity index (χ2v) is 7.58. The quantitative estimate of drug-likeness (QED) is 0.832. The predicted molar refractivity (Wildman–Crippen MR) is 107 cm³/mol. The largest absolute Gasteiger partial charge is 0.466 e. The average Bonchev–Trinajstić information content (AvgIpc) is 2.70. The molecule has 1 fully saturated rings. The molecule has 6 nitrogen and oxygen atoms in total. The Kier molecular flexibility index (Phi) is 4.81. The van der Waals surface area contributed by atoms with E-state index < -0.39 is 11.5 Å². The molecule has 0 bridgehead atoms. The summed E-state index contributed by atoms with van der Waals surface area (Å²) in [5, 5.41) is 2.80. The minimum atomic E-state index is -1.54. The van der Waals surface area contributed by atoms with Crippen LogP contribution in [-0.2, 0) is 16.1 Å². The molecule has 28 heavy (non-hydrogen) atoms. The van der Waals surface area contributed by atoms with Gasteiger partial charge in [-0.3, -0.25) is 14.5 Å². The summed E-state index contributed by atoms with van der Waals surface area (Å²) in [6, 6.07) is 15.5. The van der Waals surface area contributed by atoms with E-state index in [9.17, 15) is 9.59 Å². The molecule has 2 heterocycles. The first-order valence-corrected chi connectivity index (χ1v) is 9.63. The molecule has 2 aromatic carbocycles. The number of fused-ring (bicyclic) bond motifs is 1. The van der Waals surface area contributed by atoms with Crippen molar-refractivity contribution in [1.29, 1.82) is 0 Å². The summed E-state index contributed by atoms with van der Waals surface area (Å²) >= 11 is 0. The zero-order valence-corrected chi connectivity index (χ0v) is 16.3. The van der Waals surface area contributed by atoms with Gasteiger partial charge < -0.3 is 15.0 Å². The monoisotopic (exact) mass is 379 g/mol. The lowest BCUT2D eigenvalue weighted by molar-refractivity contribution is -0.155. The predicted octanol–water partition coefficient (Wildman–Crippen LogP) is 2.43. The van der Waals surface area contributed by atoms with Gasteiger partial charge in [0.2, 0.25) is 0 Å². The third-order valence-corrected chi connectivity index (χ3v) is 5.61. The molecule has 2 aliphatic heterocycles. The highest BCUT2D eigenvalue weighted by Crippen LogP contribution is 2.34. The Bertz CT molecular complexity index is 905. The highest BCUT2D eigenvalue weighted by atomic mass is 16.5. The van der Waals surface area contributed by atoms with E-state index in [0.717, 1.165) is 19.6 Å². The van der Waals surface area contributed by atoms with Crippen LogP contribution in [-0.4, -0.2) is 53.4 Å². The van der Waals surface area contributed by atoms with E-state index in [-0.39, 0.29) is 5.91 Å². The number of rotatable bonds is 3. The smallest absolute Gasteiger partial charge is 0.278 e. The number of carbonyl (C=O) groups excluding carboxylic acids is 2. The third-order valence-electron chi connectivity index (χ3n) is 5.61. The Morgan fingerprint density at radius 3 is 2.50 bits per heavy atom. The van der Waals surface area contributed by atoms with Crippen LogP contribution in [0, 0.1) is 6.92 Å². The van der Waals surface area contributed by atoms with Crippen LogP contribution in [0.15, 0.2) is 48.5 Å². The average molecular weight is 379 g/mol. The molecule has 0 aromatic heterocycles. The highest BCUT2D eigenvalue weighted by molar-refractivity contribution is 6.15. The van der Waals surface area contributed by atoms with Gasteiger partial charge in [-0.05, 0) is 37.1 Å². The maximum atomic E-state index is 13.1. The van der Waals surface area contributed by atoms with Crippen LogP contribution in [0.5, 0.6) is 5.75 Å². The van der Waals surface area contributed by atoms with Crippen LogP contribution < -0.4 is 10.1 Å². The van der Waals surface area contributed by atoms with Crippen LogP contribution in [0.2, 0.25) is 0 Å². The molecule has 1 N–H and O–H groups in total. The zero-order chi connectivity index (χ0) is 19.7. The van der Waals surface area contributed by atoms with Crippen molar-refractivity contribution >= 4 is 17.5 Å². The number of carbonyl (C=O) groups is 2. The van der Waals surface area contributed by atoms with E-state index in [0.29, 0.717) is 24.5 Å². The first-order chi connectivity index (χ1) is 13.5. The number of aryl methyl sites for hydroxylation is 1. The van der Waals surface area contributed by atoms with E-state index >= 15 is 0 Å². The van der Waals surface area contributed by atoms with Gasteiger partial charge in [-0.15, -0.1) is 0 Å². The van der Waals surface area contributed by atoms with E-state index in [1.165, 1.54) is 11.1 Å². The number of hydrogen-bond acceptors (Lipinski definition) is 4. The first kappa shape index (κ1) is 18.5. The van der Waals surface area contributed by atoms with Crippen molar-refractivity contribution in [2.75, 3.05) is 31.5 Å². The highest BCUT2D eigenvalue weighted by Gasteiger charge is 2.49. The minimum Gasteiger partial charge on any atom is -0.466 e. The van der Waals surface area contributed by atoms with Crippen LogP contribution >= 0.6 is 0 Å². The van der Waals surface area contributed by atoms with Crippen molar-refractivity contribution in [3.63, 3.8) is 0 Å². The number of para-hydroxylation sites is 2. The second-order valence-electron chi connectivity index (χ2n) is 7.58. The van der Waals surface area contributed by atoms with Crippen LogP contribution in [0.3, 0.4) is 0 Å². The molecular formula is C22H25N3O3. The van der Waals surface area contributed by atoms with Crippen molar-refractivity contribution < 1.29 is 14.3 Å². The molecule has 2 aliphatic rings. The summed E-state index contributed by atoms with van der Waals surface area (Å²) < 4.78 is 5.87. The second kappa shape index (κ2) is 7.28. The maximum absolute atomic E-state index is 13.1. The zero-order valence-electron chi connectivity index (χ0n) is 16.3. The van der Waals surface area contributed by atoms with Gasteiger partial charge in [0.05, 0.1) is 5.69 Å².